The molecule has 1 spiro atoms. The zero-order chi connectivity index (χ0) is 22.9. The molecule has 0 bridgehead atoms. The number of aromatic amines is 1. The zero-order valence-electron chi connectivity index (χ0n) is 19.1. The van der Waals surface area contributed by atoms with E-state index in [0.717, 1.165) is 54.2 Å². The maximum atomic E-state index is 13.0. The summed E-state index contributed by atoms with van der Waals surface area (Å²) in [6.07, 6.45) is 3.11. The molecule has 4 heterocycles. The molecule has 1 atom stereocenters. The van der Waals surface area contributed by atoms with Crippen molar-refractivity contribution < 1.29 is 4.79 Å². The van der Waals surface area contributed by atoms with Gasteiger partial charge in [0.15, 0.2) is 0 Å². The zero-order valence-corrected chi connectivity index (χ0v) is 19.1. The number of fused-ring (bicyclic) bond motifs is 4. The van der Waals surface area contributed by atoms with Crippen molar-refractivity contribution >= 4 is 28.4 Å². The number of aromatic nitrogens is 3. The molecule has 0 saturated carbocycles. The number of likely N-dealkylation sites (N-methyl/N-ethyl adjacent to an activating group) is 1. The van der Waals surface area contributed by atoms with Gasteiger partial charge in [0.2, 0.25) is 5.91 Å². The van der Waals surface area contributed by atoms with Crippen molar-refractivity contribution in [3.8, 4) is 11.4 Å². The Balaban J connectivity index is 1.18. The van der Waals surface area contributed by atoms with E-state index in [1.807, 2.05) is 12.1 Å². The summed E-state index contributed by atoms with van der Waals surface area (Å²) < 4.78 is 0. The van der Waals surface area contributed by atoms with Gasteiger partial charge >= 0.3 is 0 Å². The van der Waals surface area contributed by atoms with Gasteiger partial charge in [-0.2, -0.15) is 0 Å². The first-order valence-electron chi connectivity index (χ1n) is 11.9. The summed E-state index contributed by atoms with van der Waals surface area (Å²) in [6.45, 7) is 4.32. The van der Waals surface area contributed by atoms with Crippen molar-refractivity contribution in [2.75, 3.05) is 43.4 Å². The number of rotatable bonds is 2. The molecule has 3 aliphatic rings. The van der Waals surface area contributed by atoms with Crippen molar-refractivity contribution in [2.24, 2.45) is 0 Å². The fourth-order valence-corrected chi connectivity index (χ4v) is 5.81. The fourth-order valence-electron chi connectivity index (χ4n) is 5.81. The fraction of sp³-hybridized carbons (Fsp3) is 0.296. The summed E-state index contributed by atoms with van der Waals surface area (Å²) in [7, 11) is 2.18. The van der Waals surface area contributed by atoms with Crippen LogP contribution in [0.25, 0.3) is 22.4 Å². The third-order valence-electron chi connectivity index (χ3n) is 7.79. The Bertz CT molecular complexity index is 1390. The highest BCUT2D eigenvalue weighted by molar-refractivity contribution is 6.06. The van der Waals surface area contributed by atoms with Crippen molar-refractivity contribution in [1.29, 1.82) is 0 Å². The van der Waals surface area contributed by atoms with Gasteiger partial charge in [-0.25, -0.2) is 9.97 Å². The van der Waals surface area contributed by atoms with Crippen LogP contribution in [0.1, 0.15) is 16.7 Å². The molecule has 2 aliphatic heterocycles. The van der Waals surface area contributed by atoms with Crippen molar-refractivity contribution in [1.82, 2.24) is 19.9 Å². The molecule has 1 unspecified atom stereocenters. The van der Waals surface area contributed by atoms with Gasteiger partial charge in [-0.1, -0.05) is 6.07 Å². The van der Waals surface area contributed by atoms with E-state index in [2.05, 4.69) is 68.5 Å². The summed E-state index contributed by atoms with van der Waals surface area (Å²) in [6, 6.07) is 17.0. The molecule has 7 nitrogen and oxygen atoms in total. The van der Waals surface area contributed by atoms with Crippen molar-refractivity contribution in [3.05, 3.63) is 71.4 Å². The Labute approximate surface area is 197 Å². The molecule has 1 amide bonds. The Morgan fingerprint density at radius 1 is 0.971 bits per heavy atom. The first-order chi connectivity index (χ1) is 16.6. The van der Waals surface area contributed by atoms with Gasteiger partial charge in [-0.05, 0) is 73.5 Å². The average Bonchev–Trinajstić information content (AvgIpc) is 3.52. The van der Waals surface area contributed by atoms with Crippen LogP contribution in [0.2, 0.25) is 0 Å². The number of hydrogen-bond acceptors (Lipinski definition) is 5. The summed E-state index contributed by atoms with van der Waals surface area (Å²) in [5, 5.41) is 2.98. The monoisotopic (exact) mass is 450 g/mol. The number of H-pyrrole nitrogens is 1. The molecule has 1 fully saturated rings. The lowest BCUT2D eigenvalue weighted by Gasteiger charge is -2.34. The minimum absolute atomic E-state index is 0.0511. The van der Waals surface area contributed by atoms with E-state index in [4.69, 9.17) is 4.98 Å². The quantitative estimate of drug-likeness (QED) is 0.490. The van der Waals surface area contributed by atoms with E-state index in [9.17, 15) is 4.79 Å². The van der Waals surface area contributed by atoms with E-state index in [-0.39, 0.29) is 5.91 Å². The van der Waals surface area contributed by atoms with E-state index in [1.54, 1.807) is 6.20 Å². The number of imidazole rings is 1. The number of nitrogens with one attached hydrogen (secondary N) is 2. The normalized spacial score (nSPS) is 19.0. The second-order valence-electron chi connectivity index (χ2n) is 9.85. The van der Waals surface area contributed by atoms with Gasteiger partial charge in [0, 0.05) is 49.2 Å². The number of anilines is 2. The molecule has 2 aromatic heterocycles. The van der Waals surface area contributed by atoms with Crippen LogP contribution in [0.3, 0.4) is 0 Å². The maximum Gasteiger partial charge on any atom is 0.237 e. The van der Waals surface area contributed by atoms with Crippen LogP contribution in [-0.4, -0.2) is 59.0 Å². The molecule has 170 valence electrons. The number of piperazine rings is 1. The first-order valence-corrected chi connectivity index (χ1v) is 11.9. The van der Waals surface area contributed by atoms with Gasteiger partial charge in [0.1, 0.15) is 11.6 Å². The number of benzene rings is 2. The van der Waals surface area contributed by atoms with Crippen LogP contribution < -0.4 is 10.2 Å². The van der Waals surface area contributed by atoms with Crippen LogP contribution in [-0.2, 0) is 23.1 Å². The summed E-state index contributed by atoms with van der Waals surface area (Å²) in [5.41, 5.74) is 7.17. The largest absolute Gasteiger partial charge is 0.369 e. The predicted molar refractivity (Wildman–Crippen MR) is 133 cm³/mol. The number of hydrogen-bond donors (Lipinski definition) is 2. The van der Waals surface area contributed by atoms with E-state index in [0.29, 0.717) is 18.7 Å². The highest BCUT2D eigenvalue weighted by Crippen LogP contribution is 2.47. The molecular weight excluding hydrogens is 424 g/mol. The third-order valence-corrected chi connectivity index (χ3v) is 7.79. The van der Waals surface area contributed by atoms with E-state index < -0.39 is 5.41 Å². The Morgan fingerprint density at radius 3 is 2.53 bits per heavy atom. The summed E-state index contributed by atoms with van der Waals surface area (Å²) >= 11 is 0. The van der Waals surface area contributed by atoms with Gasteiger partial charge in [-0.3, -0.25) is 4.79 Å². The minimum atomic E-state index is -0.549. The van der Waals surface area contributed by atoms with E-state index in [1.165, 1.54) is 16.8 Å². The van der Waals surface area contributed by atoms with Gasteiger partial charge < -0.3 is 20.1 Å². The third kappa shape index (κ3) is 2.90. The van der Waals surface area contributed by atoms with Gasteiger partial charge in [0.05, 0.1) is 16.4 Å². The Morgan fingerprint density at radius 2 is 1.74 bits per heavy atom. The van der Waals surface area contributed by atoms with Crippen LogP contribution >= 0.6 is 0 Å². The first kappa shape index (κ1) is 19.7. The molecule has 2 aromatic carbocycles. The van der Waals surface area contributed by atoms with Crippen molar-refractivity contribution in [3.63, 3.8) is 0 Å². The van der Waals surface area contributed by atoms with Gasteiger partial charge in [-0.15, -0.1) is 0 Å². The second-order valence-corrected chi connectivity index (χ2v) is 9.85. The van der Waals surface area contributed by atoms with Crippen LogP contribution in [0.4, 0.5) is 11.5 Å². The van der Waals surface area contributed by atoms with Crippen LogP contribution in [0, 0.1) is 0 Å². The smallest absolute Gasteiger partial charge is 0.237 e. The molecule has 0 radical (unpaired) electrons. The number of pyridine rings is 1. The Hall–Kier alpha value is -3.71. The molecular formula is C27H26N6O. The molecule has 2 N–H and O–H groups in total. The second kappa shape index (κ2) is 7.14. The van der Waals surface area contributed by atoms with Gasteiger partial charge in [0.25, 0.3) is 0 Å². The predicted octanol–water partition coefficient (Wildman–Crippen LogP) is 3.37. The summed E-state index contributed by atoms with van der Waals surface area (Å²) in [5.74, 6) is 1.63. The Kier molecular flexibility index (Phi) is 4.14. The molecule has 7 heteroatoms. The maximum absolute atomic E-state index is 13.0. The lowest BCUT2D eigenvalue weighted by molar-refractivity contribution is -0.120. The van der Waals surface area contributed by atoms with Crippen molar-refractivity contribution in [2.45, 2.75) is 18.3 Å². The molecule has 1 aliphatic carbocycles. The molecule has 1 saturated heterocycles. The number of carbonyl (C=O) groups excluding carboxylic acids is 1. The van der Waals surface area contributed by atoms with Crippen LogP contribution in [0.15, 0.2) is 54.7 Å². The van der Waals surface area contributed by atoms with Crippen LogP contribution in [0.5, 0.6) is 0 Å². The number of nitrogens with zero attached hydrogens (tertiary/aromatic N) is 4. The standard InChI is InChI=1S/C27H26N6O/c1-32-9-11-33(12-10-32)20-6-4-17(5-7-20)24-29-22-13-18-15-27(16-19(18)14-23(22)30-24)21-3-2-8-28-25(21)31-26(27)34/h2-8,13-14H,9-12,15-16H2,1H3,(H,29,30)(H,28,31,34). The lowest BCUT2D eigenvalue weighted by atomic mass is 9.79. The number of amides is 1. The highest BCUT2D eigenvalue weighted by Gasteiger charge is 2.51. The van der Waals surface area contributed by atoms with E-state index >= 15 is 0 Å². The summed E-state index contributed by atoms with van der Waals surface area (Å²) in [4.78, 5) is 30.6. The topological polar surface area (TPSA) is 77.1 Å². The average molecular weight is 451 g/mol. The lowest BCUT2D eigenvalue weighted by Crippen LogP contribution is -2.44. The molecule has 7 rings (SSSR count). The SMILES string of the molecule is CN1CCN(c2ccc(-c3nc4cc5c(cc4[nH]3)CC3(C5)C(=O)Nc4ncccc43)cc2)CC1. The number of carbonyl (C=O) groups is 1. The minimum Gasteiger partial charge on any atom is -0.369 e. The molecule has 34 heavy (non-hydrogen) atoms. The molecule has 4 aromatic rings. The highest BCUT2D eigenvalue weighted by atomic mass is 16.2.